The first-order valence-electron chi connectivity index (χ1n) is 13.3. The molecule has 1 heterocycles. The van der Waals surface area contributed by atoms with Gasteiger partial charge < -0.3 is 14.6 Å². The van der Waals surface area contributed by atoms with E-state index < -0.39 is 0 Å². The van der Waals surface area contributed by atoms with Crippen LogP contribution in [0.4, 0.5) is 0 Å². The molecule has 0 spiro atoms. The van der Waals surface area contributed by atoms with Crippen LogP contribution in [-0.2, 0) is 13.0 Å². The zero-order chi connectivity index (χ0) is 26.0. The zero-order valence-electron chi connectivity index (χ0n) is 21.8. The number of imidazole rings is 1. The topological polar surface area (TPSA) is 56.1 Å². The van der Waals surface area contributed by atoms with Gasteiger partial charge in [0.15, 0.2) is 0 Å². The summed E-state index contributed by atoms with van der Waals surface area (Å²) in [5.41, 5.74) is 4.14. The zero-order valence-corrected chi connectivity index (χ0v) is 22.5. The smallest absolute Gasteiger partial charge is 0.251 e. The minimum atomic E-state index is -0.0621. The summed E-state index contributed by atoms with van der Waals surface area (Å²) >= 11 is 5.90. The Morgan fingerprint density at radius 3 is 2.51 bits per heavy atom. The molecule has 0 saturated carbocycles. The standard InChI is InChI=1S/C31H36ClN3O2/c1-3-23(2)24-14-18-27(19-15-24)37-22-21-35-29-10-7-6-9-28(29)34-30(35)11-5-4-8-20-33-31(36)25-12-16-26(32)17-13-25/h6-7,9-10,12-19,23H,3-5,8,11,20-22H2,1-2H3,(H,33,36). The maximum absolute atomic E-state index is 12.2. The number of benzene rings is 3. The molecule has 1 amide bonds. The minimum absolute atomic E-state index is 0.0621. The van der Waals surface area contributed by atoms with Crippen LogP contribution in [0.5, 0.6) is 5.75 Å². The third kappa shape index (κ3) is 7.36. The van der Waals surface area contributed by atoms with Gasteiger partial charge >= 0.3 is 0 Å². The van der Waals surface area contributed by atoms with Crippen molar-refractivity contribution >= 4 is 28.5 Å². The quantitative estimate of drug-likeness (QED) is 0.188. The van der Waals surface area contributed by atoms with Gasteiger partial charge in [-0.3, -0.25) is 4.79 Å². The Morgan fingerprint density at radius 2 is 1.76 bits per heavy atom. The molecule has 194 valence electrons. The predicted octanol–water partition coefficient (Wildman–Crippen LogP) is 7.43. The number of carbonyl (C=O) groups excluding carboxylic acids is 1. The molecule has 0 aliphatic rings. The number of carbonyl (C=O) groups is 1. The van der Waals surface area contributed by atoms with Crippen molar-refractivity contribution in [2.45, 2.75) is 58.4 Å². The fourth-order valence-corrected chi connectivity index (χ4v) is 4.56. The third-order valence-corrected chi connectivity index (χ3v) is 7.10. The highest BCUT2D eigenvalue weighted by Crippen LogP contribution is 2.22. The summed E-state index contributed by atoms with van der Waals surface area (Å²) in [4.78, 5) is 17.1. The van der Waals surface area contributed by atoms with Crippen LogP contribution in [0.15, 0.2) is 72.8 Å². The average Bonchev–Trinajstić information content (AvgIpc) is 3.28. The van der Waals surface area contributed by atoms with Crippen LogP contribution in [0, 0.1) is 0 Å². The summed E-state index contributed by atoms with van der Waals surface area (Å²) in [7, 11) is 0. The first-order chi connectivity index (χ1) is 18.0. The van der Waals surface area contributed by atoms with Crippen molar-refractivity contribution in [1.29, 1.82) is 0 Å². The lowest BCUT2D eigenvalue weighted by Gasteiger charge is -2.13. The fraction of sp³-hybridized carbons (Fsp3) is 0.355. The van der Waals surface area contributed by atoms with E-state index in [9.17, 15) is 4.79 Å². The molecule has 1 aromatic heterocycles. The normalized spacial score (nSPS) is 12.0. The number of hydrogen-bond donors (Lipinski definition) is 1. The Balaban J connectivity index is 1.26. The van der Waals surface area contributed by atoms with Gasteiger partial charge in [-0.2, -0.15) is 0 Å². The summed E-state index contributed by atoms with van der Waals surface area (Å²) in [5, 5.41) is 3.62. The van der Waals surface area contributed by atoms with Crippen molar-refractivity contribution in [3.05, 3.63) is 94.8 Å². The van der Waals surface area contributed by atoms with Gasteiger partial charge in [0.25, 0.3) is 5.91 Å². The van der Waals surface area contributed by atoms with Gasteiger partial charge in [-0.1, -0.05) is 56.1 Å². The third-order valence-electron chi connectivity index (χ3n) is 6.85. The van der Waals surface area contributed by atoms with Crippen molar-refractivity contribution < 1.29 is 9.53 Å². The fourth-order valence-electron chi connectivity index (χ4n) is 4.44. The van der Waals surface area contributed by atoms with Crippen LogP contribution in [0.3, 0.4) is 0 Å². The number of aromatic nitrogens is 2. The number of hydrogen-bond acceptors (Lipinski definition) is 3. The molecule has 4 rings (SSSR count). The summed E-state index contributed by atoms with van der Waals surface area (Å²) in [6.07, 6.45) is 4.98. The lowest BCUT2D eigenvalue weighted by atomic mass is 9.99. The number of amides is 1. The van der Waals surface area contributed by atoms with E-state index in [4.69, 9.17) is 21.3 Å². The van der Waals surface area contributed by atoms with E-state index in [0.29, 0.717) is 29.7 Å². The number of ether oxygens (including phenoxy) is 1. The van der Waals surface area contributed by atoms with Gasteiger partial charge in [-0.05, 0) is 79.3 Å². The molecule has 37 heavy (non-hydrogen) atoms. The van der Waals surface area contributed by atoms with E-state index in [1.807, 2.05) is 6.07 Å². The molecule has 0 fully saturated rings. The Morgan fingerprint density at radius 1 is 1.00 bits per heavy atom. The van der Waals surface area contributed by atoms with E-state index in [-0.39, 0.29) is 5.91 Å². The van der Waals surface area contributed by atoms with E-state index in [0.717, 1.165) is 61.3 Å². The molecule has 0 saturated heterocycles. The lowest BCUT2D eigenvalue weighted by molar-refractivity contribution is 0.0953. The number of rotatable bonds is 13. The van der Waals surface area contributed by atoms with Gasteiger partial charge in [-0.15, -0.1) is 0 Å². The number of nitrogens with one attached hydrogen (secondary N) is 1. The van der Waals surface area contributed by atoms with Crippen molar-refractivity contribution in [2.24, 2.45) is 0 Å². The Hall–Kier alpha value is -3.31. The van der Waals surface area contributed by atoms with Crippen LogP contribution in [0.1, 0.15) is 67.2 Å². The molecule has 0 radical (unpaired) electrons. The summed E-state index contributed by atoms with van der Waals surface area (Å²) in [6, 6.07) is 23.7. The Labute approximate surface area is 224 Å². The van der Waals surface area contributed by atoms with E-state index >= 15 is 0 Å². The average molecular weight is 518 g/mol. The van der Waals surface area contributed by atoms with E-state index in [1.165, 1.54) is 5.56 Å². The van der Waals surface area contributed by atoms with Crippen molar-refractivity contribution in [2.75, 3.05) is 13.2 Å². The van der Waals surface area contributed by atoms with Gasteiger partial charge in [0.05, 0.1) is 17.6 Å². The second-order valence-electron chi connectivity index (χ2n) is 9.47. The molecule has 5 nitrogen and oxygen atoms in total. The number of aryl methyl sites for hydroxylation is 1. The first kappa shape index (κ1) is 26.7. The van der Waals surface area contributed by atoms with Crippen LogP contribution in [0.2, 0.25) is 5.02 Å². The largest absolute Gasteiger partial charge is 0.492 e. The number of unbranched alkanes of at least 4 members (excludes halogenated alkanes) is 2. The number of para-hydroxylation sites is 2. The van der Waals surface area contributed by atoms with E-state index in [1.54, 1.807) is 24.3 Å². The number of nitrogens with zero attached hydrogens (tertiary/aromatic N) is 2. The second kappa shape index (κ2) is 13.3. The highest BCUT2D eigenvalue weighted by molar-refractivity contribution is 6.30. The number of fused-ring (bicyclic) bond motifs is 1. The highest BCUT2D eigenvalue weighted by Gasteiger charge is 2.11. The predicted molar refractivity (Wildman–Crippen MR) is 152 cm³/mol. The molecular formula is C31H36ClN3O2. The van der Waals surface area contributed by atoms with Gasteiger partial charge in [-0.25, -0.2) is 4.98 Å². The van der Waals surface area contributed by atoms with Crippen LogP contribution in [0.25, 0.3) is 11.0 Å². The number of halogens is 1. The van der Waals surface area contributed by atoms with Crippen molar-refractivity contribution in [3.63, 3.8) is 0 Å². The van der Waals surface area contributed by atoms with Crippen LogP contribution >= 0.6 is 11.6 Å². The minimum Gasteiger partial charge on any atom is -0.492 e. The Bertz CT molecular complexity index is 1280. The van der Waals surface area contributed by atoms with Gasteiger partial charge in [0, 0.05) is 23.6 Å². The van der Waals surface area contributed by atoms with Crippen LogP contribution < -0.4 is 10.1 Å². The summed E-state index contributed by atoms with van der Waals surface area (Å²) in [5.74, 6) is 2.49. The molecular weight excluding hydrogens is 482 g/mol. The molecule has 0 bridgehead atoms. The van der Waals surface area contributed by atoms with Crippen molar-refractivity contribution in [1.82, 2.24) is 14.9 Å². The molecule has 0 aliphatic carbocycles. The maximum Gasteiger partial charge on any atom is 0.251 e. The van der Waals surface area contributed by atoms with Gasteiger partial charge in [0.2, 0.25) is 0 Å². The van der Waals surface area contributed by atoms with E-state index in [2.05, 4.69) is 66.2 Å². The summed E-state index contributed by atoms with van der Waals surface area (Å²) in [6.45, 7) is 6.45. The molecule has 1 N–H and O–H groups in total. The van der Waals surface area contributed by atoms with Crippen molar-refractivity contribution in [3.8, 4) is 5.75 Å². The maximum atomic E-state index is 12.2. The highest BCUT2D eigenvalue weighted by atomic mass is 35.5. The molecule has 6 heteroatoms. The first-order valence-corrected chi connectivity index (χ1v) is 13.6. The lowest BCUT2D eigenvalue weighted by Crippen LogP contribution is -2.24. The molecule has 4 aromatic rings. The van der Waals surface area contributed by atoms with Crippen LogP contribution in [-0.4, -0.2) is 28.6 Å². The SMILES string of the molecule is CCC(C)c1ccc(OCCn2c(CCCCCNC(=O)c3ccc(Cl)cc3)nc3ccccc32)cc1. The second-order valence-corrected chi connectivity index (χ2v) is 9.91. The summed E-state index contributed by atoms with van der Waals surface area (Å²) < 4.78 is 8.36. The Kier molecular flexibility index (Phi) is 9.61. The molecule has 1 atom stereocenters. The molecule has 1 unspecified atom stereocenters. The molecule has 3 aromatic carbocycles. The molecule has 0 aliphatic heterocycles. The monoisotopic (exact) mass is 517 g/mol. The van der Waals surface area contributed by atoms with Gasteiger partial charge in [0.1, 0.15) is 18.2 Å².